The number of carbonyl (C=O) groups is 1. The molecule has 0 amide bonds. The van der Waals surface area contributed by atoms with Crippen LogP contribution in [0, 0.1) is 0 Å². The molecule has 152 valence electrons. The van der Waals surface area contributed by atoms with E-state index < -0.39 is 22.0 Å². The Morgan fingerprint density at radius 1 is 1.32 bits per heavy atom. The number of methoxy groups -OCH3 is 1. The molecule has 3 heterocycles. The second kappa shape index (κ2) is 7.84. The van der Waals surface area contributed by atoms with Gasteiger partial charge in [-0.05, 0) is 25.8 Å². The van der Waals surface area contributed by atoms with Gasteiger partial charge in [-0.25, -0.2) is 22.5 Å². The van der Waals surface area contributed by atoms with Gasteiger partial charge in [0.05, 0.1) is 13.4 Å². The molecule has 0 aliphatic carbocycles. The zero-order valence-electron chi connectivity index (χ0n) is 16.0. The summed E-state index contributed by atoms with van der Waals surface area (Å²) in [5, 5.41) is 3.82. The molecule has 1 aliphatic rings. The molecule has 1 unspecified atom stereocenters. The summed E-state index contributed by atoms with van der Waals surface area (Å²) in [6.07, 6.45) is 4.02. The lowest BCUT2D eigenvalue weighted by Crippen LogP contribution is -2.42. The summed E-state index contributed by atoms with van der Waals surface area (Å²) in [5.74, 6) is -0.224. The number of esters is 1. The highest BCUT2D eigenvalue weighted by atomic mass is 32.2. The zero-order valence-corrected chi connectivity index (χ0v) is 16.8. The van der Waals surface area contributed by atoms with E-state index in [2.05, 4.69) is 15.3 Å². The summed E-state index contributed by atoms with van der Waals surface area (Å²) in [7, 11) is -1.93. The smallest absolute Gasteiger partial charge is 0.328 e. The van der Waals surface area contributed by atoms with E-state index in [0.717, 1.165) is 0 Å². The number of nitrogens with one attached hydrogen (secondary N) is 1. The second-order valence-corrected chi connectivity index (χ2v) is 8.78. The number of rotatable bonds is 5. The van der Waals surface area contributed by atoms with E-state index in [1.165, 1.54) is 28.3 Å². The van der Waals surface area contributed by atoms with Gasteiger partial charge >= 0.3 is 5.97 Å². The maximum atomic E-state index is 12.3. The molecule has 1 saturated heterocycles. The lowest BCUT2D eigenvalue weighted by atomic mass is 10.1. The van der Waals surface area contributed by atoms with Crippen LogP contribution in [0.25, 0.3) is 11.0 Å². The molecule has 0 spiro atoms. The second-order valence-electron chi connectivity index (χ2n) is 6.79. The van der Waals surface area contributed by atoms with Crippen LogP contribution in [0.15, 0.2) is 23.1 Å². The van der Waals surface area contributed by atoms with Gasteiger partial charge in [0, 0.05) is 36.8 Å². The van der Waals surface area contributed by atoms with Crippen molar-refractivity contribution in [1.29, 1.82) is 0 Å². The van der Waals surface area contributed by atoms with Crippen molar-refractivity contribution in [2.75, 3.05) is 31.8 Å². The number of nitrogens with zero attached hydrogens (tertiary/aromatic N) is 4. The Kier molecular flexibility index (Phi) is 5.66. The molecule has 0 aromatic carbocycles. The van der Waals surface area contributed by atoms with Crippen molar-refractivity contribution in [3.05, 3.63) is 28.7 Å². The highest BCUT2D eigenvalue weighted by Gasteiger charge is 2.25. The van der Waals surface area contributed by atoms with E-state index in [1.807, 2.05) is 0 Å². The lowest BCUT2D eigenvalue weighted by molar-refractivity contribution is -0.144. The molecule has 28 heavy (non-hydrogen) atoms. The molecule has 1 aliphatic heterocycles. The third-order valence-electron chi connectivity index (χ3n) is 4.85. The number of hydrogen-bond acceptors (Lipinski definition) is 8. The van der Waals surface area contributed by atoms with Crippen LogP contribution in [-0.2, 0) is 19.6 Å². The molecule has 2 aromatic heterocycles. The van der Waals surface area contributed by atoms with Crippen LogP contribution in [0.5, 0.6) is 0 Å². The fraction of sp³-hybridized carbons (Fsp3) is 0.529. The number of piperidine rings is 1. The van der Waals surface area contributed by atoms with Crippen LogP contribution < -0.4 is 10.9 Å². The highest BCUT2D eigenvalue weighted by molar-refractivity contribution is 7.88. The zero-order chi connectivity index (χ0) is 20.5. The van der Waals surface area contributed by atoms with Gasteiger partial charge in [0.1, 0.15) is 11.7 Å². The Morgan fingerprint density at radius 3 is 2.61 bits per heavy atom. The molecule has 0 radical (unpaired) electrons. The van der Waals surface area contributed by atoms with Gasteiger partial charge in [0.15, 0.2) is 0 Å². The van der Waals surface area contributed by atoms with E-state index in [9.17, 15) is 18.0 Å². The van der Waals surface area contributed by atoms with Gasteiger partial charge in [0.2, 0.25) is 16.0 Å². The Bertz CT molecular complexity index is 1040. The van der Waals surface area contributed by atoms with Gasteiger partial charge in [-0.3, -0.25) is 9.36 Å². The maximum Gasteiger partial charge on any atom is 0.328 e. The van der Waals surface area contributed by atoms with Crippen molar-refractivity contribution in [3.63, 3.8) is 0 Å². The van der Waals surface area contributed by atoms with Crippen LogP contribution in [0.4, 0.5) is 5.95 Å². The summed E-state index contributed by atoms with van der Waals surface area (Å²) in [6.45, 7) is 2.42. The minimum absolute atomic E-state index is 0.0114. The topological polar surface area (TPSA) is 123 Å². The summed E-state index contributed by atoms with van der Waals surface area (Å²) in [4.78, 5) is 33.0. The SMILES string of the molecule is COC(=O)C(C)n1c(=O)ccc2cnc(NC3CCN(S(C)(=O)=O)CC3)nc21. The molecule has 0 saturated carbocycles. The molecule has 1 fully saturated rings. The number of fused-ring (bicyclic) bond motifs is 1. The normalized spacial score (nSPS) is 17.4. The molecular weight excluding hydrogens is 386 g/mol. The van der Waals surface area contributed by atoms with Gasteiger partial charge in [-0.15, -0.1) is 0 Å². The number of sulfonamides is 1. The molecule has 0 bridgehead atoms. The van der Waals surface area contributed by atoms with Crippen molar-refractivity contribution in [1.82, 2.24) is 18.8 Å². The number of carbonyl (C=O) groups excluding carboxylic acids is 1. The van der Waals surface area contributed by atoms with Crippen molar-refractivity contribution >= 4 is 33.0 Å². The molecular formula is C17H23N5O5S. The minimum Gasteiger partial charge on any atom is -0.467 e. The van der Waals surface area contributed by atoms with Gasteiger partial charge in [-0.1, -0.05) is 0 Å². The molecule has 3 rings (SSSR count). The average Bonchev–Trinajstić information content (AvgIpc) is 2.66. The minimum atomic E-state index is -3.19. The molecule has 2 aromatic rings. The van der Waals surface area contributed by atoms with Crippen LogP contribution in [0.2, 0.25) is 0 Å². The van der Waals surface area contributed by atoms with E-state index in [1.54, 1.807) is 19.2 Å². The Balaban J connectivity index is 1.86. The number of hydrogen-bond donors (Lipinski definition) is 1. The van der Waals surface area contributed by atoms with Crippen molar-refractivity contribution in [2.45, 2.75) is 31.8 Å². The number of aromatic nitrogens is 3. The summed E-state index contributed by atoms with van der Waals surface area (Å²) < 4.78 is 30.7. The first-order valence-electron chi connectivity index (χ1n) is 8.88. The number of pyridine rings is 1. The van der Waals surface area contributed by atoms with Gasteiger partial charge < -0.3 is 10.1 Å². The van der Waals surface area contributed by atoms with Crippen molar-refractivity contribution in [2.24, 2.45) is 0 Å². The van der Waals surface area contributed by atoms with Gasteiger partial charge in [0.25, 0.3) is 5.56 Å². The monoisotopic (exact) mass is 409 g/mol. The fourth-order valence-electron chi connectivity index (χ4n) is 3.27. The standard InChI is InChI=1S/C17H23N5O5S/c1-11(16(24)27-2)22-14(23)5-4-12-10-18-17(20-15(12)22)19-13-6-8-21(9-7-13)28(3,25)26/h4-5,10-11,13H,6-9H2,1-3H3,(H,18,19,20). The van der Waals surface area contributed by atoms with Crippen molar-refractivity contribution < 1.29 is 17.9 Å². The molecule has 10 nitrogen and oxygen atoms in total. The van der Waals surface area contributed by atoms with Crippen molar-refractivity contribution in [3.8, 4) is 0 Å². The number of anilines is 1. The predicted octanol–water partition coefficient (Wildman–Crippen LogP) is 0.361. The largest absolute Gasteiger partial charge is 0.467 e. The van der Waals surface area contributed by atoms with Gasteiger partial charge in [-0.2, -0.15) is 4.98 Å². The maximum absolute atomic E-state index is 12.3. The third-order valence-corrected chi connectivity index (χ3v) is 6.16. The lowest BCUT2D eigenvalue weighted by Gasteiger charge is -2.30. The first kappa shape index (κ1) is 20.2. The van der Waals surface area contributed by atoms with E-state index in [-0.39, 0.29) is 11.6 Å². The predicted molar refractivity (Wildman–Crippen MR) is 104 cm³/mol. The Morgan fingerprint density at radius 2 is 2.00 bits per heavy atom. The Labute approximate surface area is 162 Å². The van der Waals surface area contributed by atoms with E-state index >= 15 is 0 Å². The summed E-state index contributed by atoms with van der Waals surface area (Å²) >= 11 is 0. The number of ether oxygens (including phenoxy) is 1. The fourth-order valence-corrected chi connectivity index (χ4v) is 4.15. The first-order chi connectivity index (χ1) is 13.2. The first-order valence-corrected chi connectivity index (χ1v) is 10.7. The van der Waals surface area contributed by atoms with Crippen LogP contribution in [0.1, 0.15) is 25.8 Å². The Hall–Kier alpha value is -2.53. The van der Waals surface area contributed by atoms with E-state index in [4.69, 9.17) is 4.74 Å². The summed E-state index contributed by atoms with van der Waals surface area (Å²) in [5.41, 5.74) is -0.0343. The highest BCUT2D eigenvalue weighted by Crippen LogP contribution is 2.19. The quantitative estimate of drug-likeness (QED) is 0.702. The molecule has 11 heteroatoms. The average molecular weight is 409 g/mol. The van der Waals surface area contributed by atoms with Crippen LogP contribution in [0.3, 0.4) is 0 Å². The molecule has 1 atom stereocenters. The van der Waals surface area contributed by atoms with Crippen LogP contribution >= 0.6 is 0 Å². The van der Waals surface area contributed by atoms with E-state index in [0.29, 0.717) is 42.9 Å². The summed E-state index contributed by atoms with van der Waals surface area (Å²) in [6, 6.07) is 2.14. The third kappa shape index (κ3) is 4.14. The molecule has 1 N–H and O–H groups in total. The van der Waals surface area contributed by atoms with Crippen LogP contribution in [-0.4, -0.2) is 65.7 Å².